The molecule has 0 saturated carbocycles. The van der Waals surface area contributed by atoms with Crippen LogP contribution in [0.25, 0.3) is 0 Å². The van der Waals surface area contributed by atoms with Crippen molar-refractivity contribution in [1.82, 2.24) is 0 Å². The third-order valence-electron chi connectivity index (χ3n) is 3.41. The van der Waals surface area contributed by atoms with E-state index >= 15 is 0 Å². The van der Waals surface area contributed by atoms with Gasteiger partial charge >= 0.3 is 0 Å². The summed E-state index contributed by atoms with van der Waals surface area (Å²) >= 11 is 0. The number of fused-ring (bicyclic) bond motifs is 1. The second-order valence-corrected chi connectivity index (χ2v) is 5.07. The van der Waals surface area contributed by atoms with E-state index in [0.29, 0.717) is 19.1 Å². The van der Waals surface area contributed by atoms with E-state index in [1.165, 1.54) is 5.56 Å². The van der Waals surface area contributed by atoms with Crippen molar-refractivity contribution in [2.24, 2.45) is 0 Å². The molecule has 19 heavy (non-hydrogen) atoms. The van der Waals surface area contributed by atoms with Gasteiger partial charge in [0, 0.05) is 26.2 Å². The number of benzene rings is 1. The Morgan fingerprint density at radius 1 is 1.53 bits per heavy atom. The van der Waals surface area contributed by atoms with Crippen LogP contribution >= 0.6 is 0 Å². The van der Waals surface area contributed by atoms with Crippen molar-refractivity contribution in [2.75, 3.05) is 24.4 Å². The van der Waals surface area contributed by atoms with Gasteiger partial charge in [0.15, 0.2) is 0 Å². The molecule has 4 nitrogen and oxygen atoms in total. The van der Waals surface area contributed by atoms with Gasteiger partial charge in [0.2, 0.25) is 5.91 Å². The summed E-state index contributed by atoms with van der Waals surface area (Å²) in [6.07, 6.45) is 3.45. The van der Waals surface area contributed by atoms with Gasteiger partial charge < -0.3 is 15.4 Å². The molecule has 0 aromatic heterocycles. The highest BCUT2D eigenvalue weighted by Crippen LogP contribution is 2.32. The number of anilines is 2. The van der Waals surface area contributed by atoms with Crippen molar-refractivity contribution in [1.29, 1.82) is 0 Å². The molecule has 104 valence electrons. The largest absolute Gasteiger partial charge is 0.385 e. The minimum Gasteiger partial charge on any atom is -0.385 e. The van der Waals surface area contributed by atoms with E-state index in [1.54, 1.807) is 7.11 Å². The zero-order valence-corrected chi connectivity index (χ0v) is 11.7. The van der Waals surface area contributed by atoms with E-state index in [2.05, 4.69) is 23.6 Å². The first-order valence-electron chi connectivity index (χ1n) is 6.88. The number of carbonyl (C=O) groups excluding carboxylic acids is 1. The van der Waals surface area contributed by atoms with Crippen molar-refractivity contribution in [2.45, 2.75) is 38.6 Å². The zero-order valence-electron chi connectivity index (χ0n) is 11.7. The molecule has 1 amide bonds. The fourth-order valence-electron chi connectivity index (χ4n) is 2.36. The maximum absolute atomic E-state index is 11.9. The lowest BCUT2D eigenvalue weighted by Gasteiger charge is -2.26. The Labute approximate surface area is 114 Å². The highest BCUT2D eigenvalue weighted by Gasteiger charge is 2.17. The number of hydrogen-bond donors (Lipinski definition) is 2. The van der Waals surface area contributed by atoms with Gasteiger partial charge in [0.1, 0.15) is 0 Å². The molecular formula is C15H22N2O2. The number of nitrogens with one attached hydrogen (secondary N) is 2. The number of carbonyl (C=O) groups is 1. The Morgan fingerprint density at radius 3 is 3.16 bits per heavy atom. The van der Waals surface area contributed by atoms with E-state index in [4.69, 9.17) is 4.74 Å². The highest BCUT2D eigenvalue weighted by atomic mass is 16.5. The molecule has 0 saturated heterocycles. The fraction of sp³-hybridized carbons (Fsp3) is 0.533. The van der Waals surface area contributed by atoms with Crippen LogP contribution in [0.2, 0.25) is 0 Å². The average Bonchev–Trinajstić information content (AvgIpc) is 2.40. The van der Waals surface area contributed by atoms with Gasteiger partial charge in [-0.3, -0.25) is 4.79 Å². The van der Waals surface area contributed by atoms with Crippen LogP contribution in [-0.2, 0) is 16.0 Å². The highest BCUT2D eigenvalue weighted by molar-refractivity contribution is 5.95. The monoisotopic (exact) mass is 262 g/mol. The molecule has 1 aliphatic heterocycles. The molecule has 1 heterocycles. The Bertz CT molecular complexity index is 446. The second kappa shape index (κ2) is 6.57. The van der Waals surface area contributed by atoms with Crippen LogP contribution < -0.4 is 10.6 Å². The lowest BCUT2D eigenvalue weighted by molar-refractivity contribution is -0.116. The van der Waals surface area contributed by atoms with Gasteiger partial charge in [-0.15, -0.1) is 0 Å². The third kappa shape index (κ3) is 3.70. The summed E-state index contributed by atoms with van der Waals surface area (Å²) in [4.78, 5) is 11.9. The van der Waals surface area contributed by atoms with Crippen molar-refractivity contribution >= 4 is 17.3 Å². The Hall–Kier alpha value is -1.55. The van der Waals surface area contributed by atoms with Crippen molar-refractivity contribution < 1.29 is 9.53 Å². The van der Waals surface area contributed by atoms with Gasteiger partial charge in [0.25, 0.3) is 0 Å². The molecule has 2 N–H and O–H groups in total. The standard InChI is InChI=1S/C15H22N2O2/c1-11-8-9-12-5-3-6-13(15(12)16-11)17-14(18)7-4-10-19-2/h3,5-6,11,16H,4,7-10H2,1-2H3,(H,17,18). The molecular weight excluding hydrogens is 240 g/mol. The molecule has 1 unspecified atom stereocenters. The van der Waals surface area contributed by atoms with E-state index in [9.17, 15) is 4.79 Å². The predicted molar refractivity (Wildman–Crippen MR) is 77.6 cm³/mol. The number of rotatable bonds is 5. The maximum atomic E-state index is 11.9. The van der Waals surface area contributed by atoms with Crippen molar-refractivity contribution in [3.8, 4) is 0 Å². The molecule has 0 bridgehead atoms. The third-order valence-corrected chi connectivity index (χ3v) is 3.41. The number of methoxy groups -OCH3 is 1. The predicted octanol–water partition coefficient (Wildman–Crippen LogP) is 2.80. The minimum absolute atomic E-state index is 0.0467. The second-order valence-electron chi connectivity index (χ2n) is 5.07. The van der Waals surface area contributed by atoms with E-state index in [1.807, 2.05) is 12.1 Å². The summed E-state index contributed by atoms with van der Waals surface area (Å²) in [5.41, 5.74) is 3.26. The molecule has 4 heteroatoms. The summed E-state index contributed by atoms with van der Waals surface area (Å²) < 4.78 is 4.95. The smallest absolute Gasteiger partial charge is 0.224 e. The van der Waals surface area contributed by atoms with Gasteiger partial charge in [-0.1, -0.05) is 12.1 Å². The van der Waals surface area contributed by atoms with Crippen molar-refractivity contribution in [3.05, 3.63) is 23.8 Å². The molecule has 1 aliphatic rings. The zero-order chi connectivity index (χ0) is 13.7. The number of aryl methyl sites for hydroxylation is 1. The van der Waals surface area contributed by atoms with Crippen LogP contribution in [0.5, 0.6) is 0 Å². The van der Waals surface area contributed by atoms with Crippen LogP contribution in [0.1, 0.15) is 31.7 Å². The molecule has 0 radical (unpaired) electrons. The molecule has 0 fully saturated rings. The molecule has 1 atom stereocenters. The molecule has 1 aromatic rings. The fourth-order valence-corrected chi connectivity index (χ4v) is 2.36. The van der Waals surface area contributed by atoms with E-state index < -0.39 is 0 Å². The Kier molecular flexibility index (Phi) is 4.80. The van der Waals surface area contributed by atoms with Gasteiger partial charge in [-0.2, -0.15) is 0 Å². The molecule has 0 spiro atoms. The summed E-state index contributed by atoms with van der Waals surface area (Å²) in [6.45, 7) is 2.79. The number of para-hydroxylation sites is 1. The quantitative estimate of drug-likeness (QED) is 0.802. The van der Waals surface area contributed by atoms with Gasteiger partial charge in [0.05, 0.1) is 11.4 Å². The Morgan fingerprint density at radius 2 is 2.37 bits per heavy atom. The SMILES string of the molecule is COCCCC(=O)Nc1cccc2c1NC(C)CC2. The van der Waals surface area contributed by atoms with Crippen LogP contribution in [0.15, 0.2) is 18.2 Å². The van der Waals surface area contributed by atoms with Crippen molar-refractivity contribution in [3.63, 3.8) is 0 Å². The normalized spacial score (nSPS) is 17.5. The van der Waals surface area contributed by atoms with Crippen LogP contribution in [0, 0.1) is 0 Å². The van der Waals surface area contributed by atoms with Gasteiger partial charge in [-0.05, 0) is 37.8 Å². The molecule has 1 aromatic carbocycles. The number of hydrogen-bond acceptors (Lipinski definition) is 3. The van der Waals surface area contributed by atoms with Crippen LogP contribution in [0.3, 0.4) is 0 Å². The molecule has 0 aliphatic carbocycles. The Balaban J connectivity index is 2.02. The maximum Gasteiger partial charge on any atom is 0.224 e. The first-order chi connectivity index (χ1) is 9.20. The number of ether oxygens (including phenoxy) is 1. The lowest BCUT2D eigenvalue weighted by Crippen LogP contribution is -2.24. The van der Waals surface area contributed by atoms with E-state index in [-0.39, 0.29) is 5.91 Å². The van der Waals surface area contributed by atoms with E-state index in [0.717, 1.165) is 30.6 Å². The topological polar surface area (TPSA) is 50.4 Å². The summed E-state index contributed by atoms with van der Waals surface area (Å²) in [7, 11) is 1.65. The minimum atomic E-state index is 0.0467. The summed E-state index contributed by atoms with van der Waals surface area (Å²) in [5.74, 6) is 0.0467. The van der Waals surface area contributed by atoms with Crippen LogP contribution in [-0.4, -0.2) is 25.7 Å². The molecule has 2 rings (SSSR count). The van der Waals surface area contributed by atoms with Crippen LogP contribution in [0.4, 0.5) is 11.4 Å². The summed E-state index contributed by atoms with van der Waals surface area (Å²) in [5, 5.41) is 6.45. The summed E-state index contributed by atoms with van der Waals surface area (Å²) in [6, 6.07) is 6.53. The average molecular weight is 262 g/mol. The first kappa shape index (κ1) is 13.9. The lowest BCUT2D eigenvalue weighted by atomic mass is 9.98. The first-order valence-corrected chi connectivity index (χ1v) is 6.88. The number of amides is 1. The van der Waals surface area contributed by atoms with Gasteiger partial charge in [-0.25, -0.2) is 0 Å².